The van der Waals surface area contributed by atoms with E-state index in [2.05, 4.69) is 14.9 Å². The highest BCUT2D eigenvalue weighted by molar-refractivity contribution is 7.98. The fourth-order valence-corrected chi connectivity index (χ4v) is 5.34. The van der Waals surface area contributed by atoms with Crippen LogP contribution >= 0.6 is 11.8 Å². The third kappa shape index (κ3) is 5.44. The molecule has 1 N–H and O–H groups in total. The molecule has 0 unspecified atom stereocenters. The molecule has 10 nitrogen and oxygen atoms in total. The van der Waals surface area contributed by atoms with Crippen molar-refractivity contribution in [3.8, 4) is 22.9 Å². The van der Waals surface area contributed by atoms with Crippen molar-refractivity contribution in [2.24, 2.45) is 0 Å². The average Bonchev–Trinajstić information content (AvgIpc) is 3.59. The molecule has 1 amide bonds. The van der Waals surface area contributed by atoms with E-state index in [1.807, 2.05) is 6.26 Å². The number of methoxy groups -OCH3 is 2. The molecule has 1 aliphatic heterocycles. The summed E-state index contributed by atoms with van der Waals surface area (Å²) in [6, 6.07) is 9.72. The maximum absolute atomic E-state index is 13.0. The molecule has 4 rings (SSSR count). The molecule has 12 heteroatoms. The lowest BCUT2D eigenvalue weighted by atomic mass is 10.2. The van der Waals surface area contributed by atoms with Crippen LogP contribution in [0, 0.1) is 0 Å². The third-order valence-corrected chi connectivity index (χ3v) is 7.82. The van der Waals surface area contributed by atoms with Crippen molar-refractivity contribution in [3.63, 3.8) is 0 Å². The zero-order valence-corrected chi connectivity index (χ0v) is 21.2. The Morgan fingerprint density at radius 3 is 2.54 bits per heavy atom. The van der Waals surface area contributed by atoms with E-state index in [4.69, 9.17) is 14.0 Å². The van der Waals surface area contributed by atoms with Gasteiger partial charge in [0, 0.05) is 23.5 Å². The van der Waals surface area contributed by atoms with E-state index in [1.54, 1.807) is 29.2 Å². The number of nitrogens with one attached hydrogen (secondary N) is 1. The second-order valence-corrected chi connectivity index (χ2v) is 10.4. The molecule has 3 aromatic rings. The molecule has 0 bridgehead atoms. The standard InChI is InChI=1S/C23H26N4O6S2/c1-31-18-8-6-15(12-19(18)32-2)22-25-21(33-26-22)14-24-35(29,30)16-7-9-20(34-3)17(13-16)23(28)27-10-4-5-11-27/h6-9,12-13,24H,4-5,10-11,14H2,1-3H3. The Morgan fingerprint density at radius 2 is 1.86 bits per heavy atom. The lowest BCUT2D eigenvalue weighted by Crippen LogP contribution is -2.29. The number of carbonyl (C=O) groups excluding carboxylic acids is 1. The number of carbonyl (C=O) groups is 1. The SMILES string of the molecule is COc1ccc(-c2noc(CNS(=O)(=O)c3ccc(SC)c(C(=O)N4CCCC4)c3)n2)cc1OC. The first kappa shape index (κ1) is 25.0. The van der Waals surface area contributed by atoms with Crippen molar-refractivity contribution >= 4 is 27.7 Å². The molecule has 1 saturated heterocycles. The Hall–Kier alpha value is -3.09. The van der Waals surface area contributed by atoms with Crippen LogP contribution in [0.15, 0.2) is 50.7 Å². The number of rotatable bonds is 9. The lowest BCUT2D eigenvalue weighted by Gasteiger charge is -2.18. The van der Waals surface area contributed by atoms with Crippen molar-refractivity contribution in [1.82, 2.24) is 19.8 Å². The normalized spacial score (nSPS) is 13.7. The largest absolute Gasteiger partial charge is 0.493 e. The first-order valence-corrected chi connectivity index (χ1v) is 13.6. The Balaban J connectivity index is 1.50. The summed E-state index contributed by atoms with van der Waals surface area (Å²) in [6.45, 7) is 1.16. The number of benzene rings is 2. The summed E-state index contributed by atoms with van der Waals surface area (Å²) in [5.41, 5.74) is 1.01. The number of likely N-dealkylation sites (tertiary alicyclic amines) is 1. The molecule has 35 heavy (non-hydrogen) atoms. The summed E-state index contributed by atoms with van der Waals surface area (Å²) >= 11 is 1.40. The topological polar surface area (TPSA) is 124 Å². The van der Waals surface area contributed by atoms with Crippen molar-refractivity contribution in [1.29, 1.82) is 0 Å². The van der Waals surface area contributed by atoms with Gasteiger partial charge in [0.2, 0.25) is 21.7 Å². The molecule has 1 aliphatic rings. The van der Waals surface area contributed by atoms with Crippen LogP contribution in [0.3, 0.4) is 0 Å². The van der Waals surface area contributed by atoms with Crippen LogP contribution in [-0.2, 0) is 16.6 Å². The fourth-order valence-electron chi connectivity index (χ4n) is 3.77. The highest BCUT2D eigenvalue weighted by Gasteiger charge is 2.25. The predicted octanol–water partition coefficient (Wildman–Crippen LogP) is 3.19. The Kier molecular flexibility index (Phi) is 7.63. The van der Waals surface area contributed by atoms with Gasteiger partial charge in [-0.1, -0.05) is 5.16 Å². The first-order chi connectivity index (χ1) is 16.9. The minimum atomic E-state index is -3.93. The lowest BCUT2D eigenvalue weighted by molar-refractivity contribution is 0.0789. The van der Waals surface area contributed by atoms with E-state index < -0.39 is 10.0 Å². The first-order valence-electron chi connectivity index (χ1n) is 10.9. The van der Waals surface area contributed by atoms with Crippen molar-refractivity contribution in [2.75, 3.05) is 33.6 Å². The summed E-state index contributed by atoms with van der Waals surface area (Å²) in [7, 11) is -0.873. The number of hydrogen-bond donors (Lipinski definition) is 1. The second kappa shape index (κ2) is 10.7. The van der Waals surface area contributed by atoms with Crippen LogP contribution in [0.1, 0.15) is 29.1 Å². The van der Waals surface area contributed by atoms with Gasteiger partial charge in [0.25, 0.3) is 5.91 Å². The number of thioether (sulfide) groups is 1. The van der Waals surface area contributed by atoms with E-state index in [0.29, 0.717) is 35.7 Å². The maximum Gasteiger partial charge on any atom is 0.255 e. The average molecular weight is 519 g/mol. The molecule has 2 heterocycles. The third-order valence-electron chi connectivity index (χ3n) is 5.63. The minimum absolute atomic E-state index is 0.00234. The second-order valence-electron chi connectivity index (χ2n) is 7.77. The van der Waals surface area contributed by atoms with Gasteiger partial charge in [-0.15, -0.1) is 11.8 Å². The van der Waals surface area contributed by atoms with Crippen LogP contribution in [0.4, 0.5) is 0 Å². The zero-order chi connectivity index (χ0) is 25.0. The van der Waals surface area contributed by atoms with Gasteiger partial charge in [-0.25, -0.2) is 13.1 Å². The van der Waals surface area contributed by atoms with Crippen LogP contribution in [0.25, 0.3) is 11.4 Å². The van der Waals surface area contributed by atoms with Gasteiger partial charge >= 0.3 is 0 Å². The summed E-state index contributed by atoms with van der Waals surface area (Å²) in [5.74, 6) is 1.28. The van der Waals surface area contributed by atoms with E-state index in [0.717, 1.165) is 17.7 Å². The van der Waals surface area contributed by atoms with Gasteiger partial charge in [0.1, 0.15) is 0 Å². The number of amides is 1. The maximum atomic E-state index is 13.0. The number of aromatic nitrogens is 2. The van der Waals surface area contributed by atoms with Gasteiger partial charge in [-0.3, -0.25) is 4.79 Å². The molecule has 0 aliphatic carbocycles. The van der Waals surface area contributed by atoms with Crippen LogP contribution in [0.5, 0.6) is 11.5 Å². The molecule has 0 radical (unpaired) electrons. The van der Waals surface area contributed by atoms with Gasteiger partial charge in [0.05, 0.1) is 31.2 Å². The Labute approximate surface area is 208 Å². The van der Waals surface area contributed by atoms with Crippen molar-refractivity contribution < 1.29 is 27.2 Å². The molecular weight excluding hydrogens is 492 g/mol. The van der Waals surface area contributed by atoms with Crippen molar-refractivity contribution in [3.05, 3.63) is 47.9 Å². The Morgan fingerprint density at radius 1 is 1.11 bits per heavy atom. The number of ether oxygens (including phenoxy) is 2. The predicted molar refractivity (Wildman–Crippen MR) is 130 cm³/mol. The molecule has 2 aromatic carbocycles. The fraction of sp³-hybridized carbons (Fsp3) is 0.348. The van der Waals surface area contributed by atoms with E-state index >= 15 is 0 Å². The van der Waals surface area contributed by atoms with E-state index in [9.17, 15) is 13.2 Å². The van der Waals surface area contributed by atoms with Gasteiger partial charge < -0.3 is 18.9 Å². The Bertz CT molecular complexity index is 1320. The van der Waals surface area contributed by atoms with Gasteiger partial charge in [-0.2, -0.15) is 4.98 Å². The van der Waals surface area contributed by atoms with E-state index in [-0.39, 0.29) is 29.1 Å². The monoisotopic (exact) mass is 518 g/mol. The summed E-state index contributed by atoms with van der Waals surface area (Å²) in [5, 5.41) is 3.92. The van der Waals surface area contributed by atoms with Crippen molar-refractivity contribution in [2.45, 2.75) is 29.2 Å². The quantitative estimate of drug-likeness (QED) is 0.425. The van der Waals surface area contributed by atoms with E-state index in [1.165, 1.54) is 38.1 Å². The summed E-state index contributed by atoms with van der Waals surface area (Å²) in [4.78, 5) is 19.7. The smallest absolute Gasteiger partial charge is 0.255 e. The molecular formula is C23H26N4O6S2. The molecule has 0 atom stereocenters. The number of nitrogens with zero attached hydrogens (tertiary/aromatic N) is 3. The van der Waals surface area contributed by atoms with Crippen LogP contribution in [-0.4, -0.2) is 62.9 Å². The molecule has 1 aromatic heterocycles. The van der Waals surface area contributed by atoms with Gasteiger partial charge in [-0.05, 0) is 55.5 Å². The molecule has 0 spiro atoms. The number of sulfonamides is 1. The molecule has 186 valence electrons. The van der Waals surface area contributed by atoms with Crippen LogP contribution < -0.4 is 14.2 Å². The highest BCUT2D eigenvalue weighted by Crippen LogP contribution is 2.31. The summed E-state index contributed by atoms with van der Waals surface area (Å²) < 4.78 is 44.1. The molecule has 0 saturated carbocycles. The highest BCUT2D eigenvalue weighted by atomic mass is 32.2. The molecule has 1 fully saturated rings. The summed E-state index contributed by atoms with van der Waals surface area (Å²) in [6.07, 6.45) is 3.76. The zero-order valence-electron chi connectivity index (χ0n) is 19.6. The van der Waals surface area contributed by atoms with Crippen LogP contribution in [0.2, 0.25) is 0 Å². The minimum Gasteiger partial charge on any atom is -0.493 e. The van der Waals surface area contributed by atoms with Gasteiger partial charge in [0.15, 0.2) is 11.5 Å². The number of hydrogen-bond acceptors (Lipinski definition) is 9.